The van der Waals surface area contributed by atoms with Crippen LogP contribution in [0.2, 0.25) is 5.02 Å². The number of piperazine rings is 1. The lowest BCUT2D eigenvalue weighted by atomic mass is 10.1. The van der Waals surface area contributed by atoms with E-state index in [1.54, 1.807) is 46.2 Å². The molecule has 0 aliphatic carbocycles. The summed E-state index contributed by atoms with van der Waals surface area (Å²) in [5, 5.41) is 12.5. The lowest BCUT2D eigenvalue weighted by molar-refractivity contribution is -0.138. The SMILES string of the molecule is N#Cc1ccc(NCC(=O)N2CCN(C(=O)Cc3ccc(Cl)cc3)CC2)cc1. The Bertz CT molecular complexity index is 867. The highest BCUT2D eigenvalue weighted by atomic mass is 35.5. The number of carbonyl (C=O) groups is 2. The summed E-state index contributed by atoms with van der Waals surface area (Å²) in [5.41, 5.74) is 2.31. The Morgan fingerprint density at radius 3 is 2.07 bits per heavy atom. The molecule has 1 aliphatic heterocycles. The standard InChI is InChI=1S/C21H21ClN4O2/c22-18-5-1-16(2-6-18)13-20(27)25-9-11-26(12-10-25)21(28)15-24-19-7-3-17(14-23)4-8-19/h1-8,24H,9-13,15H2. The quantitative estimate of drug-likeness (QED) is 0.842. The summed E-state index contributed by atoms with van der Waals surface area (Å²) in [6.45, 7) is 2.31. The van der Waals surface area contributed by atoms with Gasteiger partial charge in [-0.05, 0) is 42.0 Å². The molecule has 0 bridgehead atoms. The molecule has 1 saturated heterocycles. The van der Waals surface area contributed by atoms with Gasteiger partial charge in [-0.3, -0.25) is 9.59 Å². The van der Waals surface area contributed by atoms with E-state index in [4.69, 9.17) is 16.9 Å². The molecular formula is C21H21ClN4O2. The van der Waals surface area contributed by atoms with Gasteiger partial charge in [-0.2, -0.15) is 5.26 Å². The summed E-state index contributed by atoms with van der Waals surface area (Å²) in [6.07, 6.45) is 0.339. The first-order chi connectivity index (χ1) is 13.5. The highest BCUT2D eigenvalue weighted by molar-refractivity contribution is 6.30. The molecule has 0 aromatic heterocycles. The maximum absolute atomic E-state index is 12.4. The third-order valence-corrected chi connectivity index (χ3v) is 4.96. The van der Waals surface area contributed by atoms with Crippen LogP contribution in [0.25, 0.3) is 0 Å². The number of carbonyl (C=O) groups excluding carboxylic acids is 2. The van der Waals surface area contributed by atoms with E-state index < -0.39 is 0 Å². The summed E-state index contributed by atoms with van der Waals surface area (Å²) in [4.78, 5) is 28.4. The number of nitrogens with one attached hydrogen (secondary N) is 1. The molecule has 144 valence electrons. The van der Waals surface area contributed by atoms with Crippen molar-refractivity contribution < 1.29 is 9.59 Å². The molecule has 1 fully saturated rings. The maximum atomic E-state index is 12.4. The van der Waals surface area contributed by atoms with Gasteiger partial charge in [0.15, 0.2) is 0 Å². The Hall–Kier alpha value is -3.04. The Balaban J connectivity index is 1.43. The number of nitrogens with zero attached hydrogens (tertiary/aromatic N) is 3. The van der Waals surface area contributed by atoms with E-state index in [-0.39, 0.29) is 18.4 Å². The topological polar surface area (TPSA) is 76.4 Å². The van der Waals surface area contributed by atoms with Gasteiger partial charge in [0.05, 0.1) is 24.6 Å². The zero-order valence-corrected chi connectivity index (χ0v) is 16.2. The van der Waals surface area contributed by atoms with Crippen LogP contribution >= 0.6 is 11.6 Å². The van der Waals surface area contributed by atoms with E-state index >= 15 is 0 Å². The largest absolute Gasteiger partial charge is 0.376 e. The molecule has 0 atom stereocenters. The number of hydrogen-bond acceptors (Lipinski definition) is 4. The molecule has 7 heteroatoms. The number of nitriles is 1. The zero-order chi connectivity index (χ0) is 19.9. The van der Waals surface area contributed by atoms with Crippen LogP contribution < -0.4 is 5.32 Å². The molecular weight excluding hydrogens is 376 g/mol. The van der Waals surface area contributed by atoms with Gasteiger partial charge in [0, 0.05) is 36.9 Å². The molecule has 28 heavy (non-hydrogen) atoms. The molecule has 1 N–H and O–H groups in total. The zero-order valence-electron chi connectivity index (χ0n) is 15.4. The van der Waals surface area contributed by atoms with E-state index in [1.807, 2.05) is 12.1 Å². The molecule has 2 aromatic carbocycles. The van der Waals surface area contributed by atoms with Crippen molar-refractivity contribution >= 4 is 29.1 Å². The maximum Gasteiger partial charge on any atom is 0.241 e. The van der Waals surface area contributed by atoms with E-state index in [1.165, 1.54) is 0 Å². The lowest BCUT2D eigenvalue weighted by Gasteiger charge is -2.35. The van der Waals surface area contributed by atoms with Gasteiger partial charge >= 0.3 is 0 Å². The van der Waals surface area contributed by atoms with Crippen LogP contribution in [-0.4, -0.2) is 54.3 Å². The van der Waals surface area contributed by atoms with Crippen molar-refractivity contribution in [2.75, 3.05) is 38.0 Å². The third-order valence-electron chi connectivity index (χ3n) is 4.71. The molecule has 2 aromatic rings. The van der Waals surface area contributed by atoms with Crippen LogP contribution in [0.1, 0.15) is 11.1 Å². The van der Waals surface area contributed by atoms with E-state index in [9.17, 15) is 9.59 Å². The van der Waals surface area contributed by atoms with Crippen molar-refractivity contribution in [1.82, 2.24) is 9.80 Å². The molecule has 0 unspecified atom stereocenters. The van der Waals surface area contributed by atoms with Crippen LogP contribution in [0.15, 0.2) is 48.5 Å². The minimum atomic E-state index is -0.00541. The van der Waals surface area contributed by atoms with Gasteiger partial charge in [-0.1, -0.05) is 23.7 Å². The summed E-state index contributed by atoms with van der Waals surface area (Å²) < 4.78 is 0. The predicted octanol–water partition coefficient (Wildman–Crippen LogP) is 2.54. The minimum absolute atomic E-state index is 0.00541. The van der Waals surface area contributed by atoms with Crippen molar-refractivity contribution in [3.8, 4) is 6.07 Å². The smallest absolute Gasteiger partial charge is 0.241 e. The van der Waals surface area contributed by atoms with Gasteiger partial charge in [0.2, 0.25) is 11.8 Å². The highest BCUT2D eigenvalue weighted by Gasteiger charge is 2.23. The fourth-order valence-electron chi connectivity index (χ4n) is 3.05. The number of anilines is 1. The number of amides is 2. The van der Waals surface area contributed by atoms with E-state index in [0.29, 0.717) is 43.2 Å². The third kappa shape index (κ3) is 5.24. The Morgan fingerprint density at radius 2 is 1.50 bits per heavy atom. The summed E-state index contributed by atoms with van der Waals surface area (Å²) in [6, 6.07) is 16.3. The molecule has 6 nitrogen and oxygen atoms in total. The fourth-order valence-corrected chi connectivity index (χ4v) is 3.17. The number of hydrogen-bond donors (Lipinski definition) is 1. The molecule has 2 amide bonds. The Labute approximate surface area is 169 Å². The first-order valence-electron chi connectivity index (χ1n) is 9.09. The van der Waals surface area contributed by atoms with Crippen LogP contribution in [0, 0.1) is 11.3 Å². The minimum Gasteiger partial charge on any atom is -0.376 e. The van der Waals surface area contributed by atoms with Crippen molar-refractivity contribution in [2.24, 2.45) is 0 Å². The fraction of sp³-hybridized carbons (Fsp3) is 0.286. The van der Waals surface area contributed by atoms with E-state index in [2.05, 4.69) is 11.4 Å². The monoisotopic (exact) mass is 396 g/mol. The van der Waals surface area contributed by atoms with Gasteiger partial charge in [-0.25, -0.2) is 0 Å². The summed E-state index contributed by atoms with van der Waals surface area (Å²) >= 11 is 5.87. The number of benzene rings is 2. The van der Waals surface area contributed by atoms with Crippen LogP contribution in [0.3, 0.4) is 0 Å². The highest BCUT2D eigenvalue weighted by Crippen LogP contribution is 2.12. The normalized spacial score (nSPS) is 13.7. The molecule has 0 saturated carbocycles. The molecule has 1 heterocycles. The van der Waals surface area contributed by atoms with Crippen molar-refractivity contribution in [1.29, 1.82) is 5.26 Å². The number of rotatable bonds is 5. The second-order valence-electron chi connectivity index (χ2n) is 6.61. The molecule has 0 spiro atoms. The van der Waals surface area contributed by atoms with Crippen LogP contribution in [0.4, 0.5) is 5.69 Å². The second kappa shape index (κ2) is 9.25. The van der Waals surface area contributed by atoms with Gasteiger partial charge in [-0.15, -0.1) is 0 Å². The lowest BCUT2D eigenvalue weighted by Crippen LogP contribution is -2.52. The number of halogens is 1. The molecule has 3 rings (SSSR count). The second-order valence-corrected chi connectivity index (χ2v) is 7.04. The van der Waals surface area contributed by atoms with Crippen LogP contribution in [0.5, 0.6) is 0 Å². The predicted molar refractivity (Wildman–Crippen MR) is 108 cm³/mol. The molecule has 1 aliphatic rings. The first kappa shape index (κ1) is 19.7. The van der Waals surface area contributed by atoms with Gasteiger partial charge in [0.1, 0.15) is 0 Å². The van der Waals surface area contributed by atoms with E-state index in [0.717, 1.165) is 11.3 Å². The van der Waals surface area contributed by atoms with Crippen LogP contribution in [-0.2, 0) is 16.0 Å². The Morgan fingerprint density at radius 1 is 0.929 bits per heavy atom. The van der Waals surface area contributed by atoms with Crippen molar-refractivity contribution in [3.63, 3.8) is 0 Å². The van der Waals surface area contributed by atoms with Crippen molar-refractivity contribution in [2.45, 2.75) is 6.42 Å². The summed E-state index contributed by atoms with van der Waals surface area (Å²) in [7, 11) is 0. The van der Waals surface area contributed by atoms with Gasteiger partial charge < -0.3 is 15.1 Å². The summed E-state index contributed by atoms with van der Waals surface area (Å²) in [5.74, 6) is 0.0549. The average molecular weight is 397 g/mol. The first-order valence-corrected chi connectivity index (χ1v) is 9.47. The van der Waals surface area contributed by atoms with Crippen molar-refractivity contribution in [3.05, 3.63) is 64.7 Å². The Kier molecular flexibility index (Phi) is 6.51. The molecule has 0 radical (unpaired) electrons. The van der Waals surface area contributed by atoms with Gasteiger partial charge in [0.25, 0.3) is 0 Å². The average Bonchev–Trinajstić information content (AvgIpc) is 2.74.